The molecule has 5 heteroatoms. The quantitative estimate of drug-likeness (QED) is 0.677. The fourth-order valence-electron chi connectivity index (χ4n) is 1.72. The van der Waals surface area contributed by atoms with Crippen molar-refractivity contribution in [2.24, 2.45) is 0 Å². The molecular formula is C13H15BrN2O2. The van der Waals surface area contributed by atoms with Crippen LogP contribution < -0.4 is 5.32 Å². The number of aromatic nitrogens is 1. The number of carbonyl (C=O) groups excluding carboxylic acids is 1. The van der Waals surface area contributed by atoms with Crippen LogP contribution >= 0.6 is 15.9 Å². The van der Waals surface area contributed by atoms with Crippen molar-refractivity contribution in [1.82, 2.24) is 4.98 Å². The van der Waals surface area contributed by atoms with E-state index in [9.17, 15) is 4.79 Å². The Balaban J connectivity index is 2.00. The van der Waals surface area contributed by atoms with Crippen LogP contribution in [-0.4, -0.2) is 16.2 Å². The Morgan fingerprint density at radius 1 is 1.44 bits per heavy atom. The average Bonchev–Trinajstić information content (AvgIpc) is 2.69. The number of fused-ring (bicyclic) bond motifs is 1. The number of rotatable bonds is 5. The maximum absolute atomic E-state index is 11.7. The smallest absolute Gasteiger partial charge is 0.224 e. The molecule has 0 atom stereocenters. The summed E-state index contributed by atoms with van der Waals surface area (Å²) in [6, 6.07) is 5.48. The molecule has 1 aromatic heterocycles. The van der Waals surface area contributed by atoms with Crippen LogP contribution in [-0.2, 0) is 4.79 Å². The Kier molecular flexibility index (Phi) is 4.36. The molecule has 96 valence electrons. The first-order valence-electron chi connectivity index (χ1n) is 5.92. The normalized spacial score (nSPS) is 10.8. The maximum atomic E-state index is 11.7. The summed E-state index contributed by atoms with van der Waals surface area (Å²) >= 11 is 3.35. The fourth-order valence-corrected chi connectivity index (χ4v) is 2.12. The van der Waals surface area contributed by atoms with Gasteiger partial charge in [-0.2, -0.15) is 0 Å². The summed E-state index contributed by atoms with van der Waals surface area (Å²) in [5.41, 5.74) is 2.27. The van der Waals surface area contributed by atoms with Gasteiger partial charge in [-0.15, -0.1) is 0 Å². The van der Waals surface area contributed by atoms with Crippen LogP contribution in [0.25, 0.3) is 11.1 Å². The molecule has 4 nitrogen and oxygen atoms in total. The lowest BCUT2D eigenvalue weighted by molar-refractivity contribution is -0.116. The largest absolute Gasteiger partial charge is 0.441 e. The summed E-state index contributed by atoms with van der Waals surface area (Å²) in [5.74, 6) is 0.668. The van der Waals surface area contributed by atoms with Crippen molar-refractivity contribution < 1.29 is 9.21 Å². The molecule has 0 fully saturated rings. The van der Waals surface area contributed by atoms with Gasteiger partial charge in [0.05, 0.1) is 0 Å². The summed E-state index contributed by atoms with van der Waals surface area (Å²) in [7, 11) is 0. The van der Waals surface area contributed by atoms with E-state index < -0.39 is 0 Å². The topological polar surface area (TPSA) is 55.1 Å². The molecule has 0 saturated heterocycles. The van der Waals surface area contributed by atoms with Crippen molar-refractivity contribution in [2.45, 2.75) is 26.2 Å². The van der Waals surface area contributed by atoms with E-state index in [1.807, 2.05) is 18.2 Å². The Bertz CT molecular complexity index is 551. The predicted molar refractivity (Wildman–Crippen MR) is 75.0 cm³/mol. The first-order chi connectivity index (χ1) is 8.69. The highest BCUT2D eigenvalue weighted by Crippen LogP contribution is 2.19. The van der Waals surface area contributed by atoms with Crippen LogP contribution in [0.5, 0.6) is 0 Å². The molecule has 0 spiro atoms. The van der Waals surface area contributed by atoms with Crippen LogP contribution in [0, 0.1) is 6.92 Å². The highest BCUT2D eigenvalue weighted by Gasteiger charge is 2.06. The minimum Gasteiger partial charge on any atom is -0.441 e. The lowest BCUT2D eigenvalue weighted by atomic mass is 10.2. The van der Waals surface area contributed by atoms with Crippen LogP contribution in [0.3, 0.4) is 0 Å². The minimum atomic E-state index is 0.0375. The summed E-state index contributed by atoms with van der Waals surface area (Å²) in [4.78, 5) is 15.9. The third-order valence-electron chi connectivity index (χ3n) is 2.57. The lowest BCUT2D eigenvalue weighted by Gasteiger charge is -2.04. The maximum Gasteiger partial charge on any atom is 0.224 e. The van der Waals surface area contributed by atoms with E-state index in [-0.39, 0.29) is 5.91 Å². The van der Waals surface area contributed by atoms with Crippen molar-refractivity contribution in [3.05, 3.63) is 24.1 Å². The number of hydrogen-bond acceptors (Lipinski definition) is 3. The Morgan fingerprint density at radius 3 is 3.06 bits per heavy atom. The zero-order valence-corrected chi connectivity index (χ0v) is 11.8. The van der Waals surface area contributed by atoms with E-state index in [0.29, 0.717) is 12.3 Å². The van der Waals surface area contributed by atoms with Gasteiger partial charge < -0.3 is 9.73 Å². The molecule has 0 radical (unpaired) electrons. The summed E-state index contributed by atoms with van der Waals surface area (Å²) in [6.45, 7) is 1.80. The molecule has 0 saturated carbocycles. The van der Waals surface area contributed by atoms with Crippen molar-refractivity contribution in [1.29, 1.82) is 0 Å². The molecule has 1 N–H and O–H groups in total. The highest BCUT2D eigenvalue weighted by molar-refractivity contribution is 9.09. The third kappa shape index (κ3) is 3.32. The van der Waals surface area contributed by atoms with Gasteiger partial charge in [-0.05, 0) is 31.0 Å². The molecule has 1 amide bonds. The van der Waals surface area contributed by atoms with E-state index in [1.165, 1.54) is 0 Å². The number of alkyl halides is 1. The van der Waals surface area contributed by atoms with E-state index in [4.69, 9.17) is 4.42 Å². The van der Waals surface area contributed by atoms with E-state index in [0.717, 1.165) is 35.0 Å². The number of amides is 1. The van der Waals surface area contributed by atoms with Crippen molar-refractivity contribution in [2.75, 3.05) is 10.6 Å². The van der Waals surface area contributed by atoms with Crippen LogP contribution in [0.1, 0.15) is 25.2 Å². The first-order valence-corrected chi connectivity index (χ1v) is 7.04. The summed E-state index contributed by atoms with van der Waals surface area (Å²) < 4.78 is 5.38. The van der Waals surface area contributed by atoms with Gasteiger partial charge in [-0.3, -0.25) is 4.79 Å². The molecule has 0 aliphatic heterocycles. The molecule has 0 aliphatic carbocycles. The van der Waals surface area contributed by atoms with Crippen molar-refractivity contribution in [3.63, 3.8) is 0 Å². The number of oxazole rings is 1. The van der Waals surface area contributed by atoms with Gasteiger partial charge in [0.25, 0.3) is 0 Å². The number of aryl methyl sites for hydroxylation is 1. The number of nitrogens with zero attached hydrogens (tertiary/aromatic N) is 1. The third-order valence-corrected chi connectivity index (χ3v) is 3.13. The van der Waals surface area contributed by atoms with Gasteiger partial charge in [0, 0.05) is 24.4 Å². The number of anilines is 1. The number of unbranched alkanes of at least 4 members (excludes halogenated alkanes) is 1. The van der Waals surface area contributed by atoms with Gasteiger partial charge in [0.15, 0.2) is 11.5 Å². The first kappa shape index (κ1) is 13.1. The second kappa shape index (κ2) is 6.00. The fraction of sp³-hybridized carbons (Fsp3) is 0.385. The molecule has 0 unspecified atom stereocenters. The number of nitrogens with one attached hydrogen (secondary N) is 1. The Labute approximate surface area is 114 Å². The Hall–Kier alpha value is -1.36. The second-order valence-corrected chi connectivity index (χ2v) is 4.90. The predicted octanol–water partition coefficient (Wildman–Crippen LogP) is 3.64. The van der Waals surface area contributed by atoms with Crippen LogP contribution in [0.2, 0.25) is 0 Å². The van der Waals surface area contributed by atoms with Crippen molar-refractivity contribution in [3.8, 4) is 0 Å². The van der Waals surface area contributed by atoms with Gasteiger partial charge in [0.2, 0.25) is 5.91 Å². The van der Waals surface area contributed by atoms with Gasteiger partial charge in [-0.1, -0.05) is 15.9 Å². The van der Waals surface area contributed by atoms with E-state index in [1.54, 1.807) is 6.92 Å². The number of halogens is 1. The molecule has 0 bridgehead atoms. The minimum absolute atomic E-state index is 0.0375. The van der Waals surface area contributed by atoms with E-state index in [2.05, 4.69) is 26.2 Å². The van der Waals surface area contributed by atoms with Crippen LogP contribution in [0.15, 0.2) is 22.6 Å². The number of hydrogen-bond donors (Lipinski definition) is 1. The second-order valence-electron chi connectivity index (χ2n) is 4.11. The molecule has 1 aromatic carbocycles. The monoisotopic (exact) mass is 310 g/mol. The zero-order valence-electron chi connectivity index (χ0n) is 10.2. The standard InChI is InChI=1S/C13H15BrN2O2/c1-9-15-11-8-10(5-6-12(11)18-9)16-13(17)4-2-3-7-14/h5-6,8H,2-4,7H2,1H3,(H,16,17). The summed E-state index contributed by atoms with van der Waals surface area (Å²) in [6.07, 6.45) is 2.44. The molecule has 2 rings (SSSR count). The Morgan fingerprint density at radius 2 is 2.28 bits per heavy atom. The summed E-state index contributed by atoms with van der Waals surface area (Å²) in [5, 5.41) is 3.80. The molecule has 1 heterocycles. The highest BCUT2D eigenvalue weighted by atomic mass is 79.9. The molecule has 0 aliphatic rings. The zero-order chi connectivity index (χ0) is 13.0. The average molecular weight is 311 g/mol. The van der Waals surface area contributed by atoms with Gasteiger partial charge in [-0.25, -0.2) is 4.98 Å². The van der Waals surface area contributed by atoms with Gasteiger partial charge in [0.1, 0.15) is 5.52 Å². The lowest BCUT2D eigenvalue weighted by Crippen LogP contribution is -2.10. The number of carbonyl (C=O) groups is 1. The van der Waals surface area contributed by atoms with Crippen molar-refractivity contribution >= 4 is 38.6 Å². The van der Waals surface area contributed by atoms with Crippen LogP contribution in [0.4, 0.5) is 5.69 Å². The molecule has 18 heavy (non-hydrogen) atoms. The van der Waals surface area contributed by atoms with E-state index >= 15 is 0 Å². The SMILES string of the molecule is Cc1nc2cc(NC(=O)CCCCBr)ccc2o1. The van der Waals surface area contributed by atoms with Gasteiger partial charge >= 0.3 is 0 Å². The number of benzene rings is 1. The molecule has 2 aromatic rings. The molecular weight excluding hydrogens is 296 g/mol.